The largest absolute Gasteiger partial charge is 0.387 e. The van der Waals surface area contributed by atoms with Crippen LogP contribution in [-0.4, -0.2) is 51.5 Å². The van der Waals surface area contributed by atoms with Gasteiger partial charge in [0.25, 0.3) is 5.91 Å². The standard InChI is InChI=1S/C25H29F2N5O2.C2H6/c1-25(2,34)22(27)14-30-24(33)17-13-29-23(12-21(17)32-20-7-3-6-18(20)26)31-16-8-9-19-15(11-16)5-4-10-28-19;1-2/h4-5,8-13,18,20,22,34H,3,6-7,14H2,1-2H3,(H,30,33)(H2,29,31,32);1-2H3/t18?,20?,22-;/m1./s1. The SMILES string of the molecule is CC.CC(C)(O)[C@H](F)CNC(=O)c1cnc(Nc2ccc3ncccc3c2)cc1NC1CCCC1F. The molecule has 2 unspecified atom stereocenters. The Hall–Kier alpha value is -3.33. The number of fused-ring (bicyclic) bond motifs is 1. The van der Waals surface area contributed by atoms with Crippen molar-refractivity contribution in [3.05, 3.63) is 54.4 Å². The van der Waals surface area contributed by atoms with Gasteiger partial charge < -0.3 is 21.1 Å². The van der Waals surface area contributed by atoms with Crippen molar-refractivity contribution >= 4 is 34.0 Å². The number of rotatable bonds is 8. The van der Waals surface area contributed by atoms with Crippen LogP contribution in [0.1, 0.15) is 57.3 Å². The van der Waals surface area contributed by atoms with Gasteiger partial charge in [-0.1, -0.05) is 19.9 Å². The molecule has 9 heteroatoms. The van der Waals surface area contributed by atoms with Gasteiger partial charge in [0.15, 0.2) is 0 Å². The summed E-state index contributed by atoms with van der Waals surface area (Å²) in [5.74, 6) is -0.0887. The molecule has 194 valence electrons. The van der Waals surface area contributed by atoms with E-state index in [2.05, 4.69) is 25.9 Å². The normalized spacial score (nSPS) is 18.2. The van der Waals surface area contributed by atoms with E-state index in [1.807, 2.05) is 44.2 Å². The van der Waals surface area contributed by atoms with E-state index < -0.39 is 29.9 Å². The van der Waals surface area contributed by atoms with Gasteiger partial charge in [-0.25, -0.2) is 13.8 Å². The fraction of sp³-hybridized carbons (Fsp3) is 0.444. The number of carbonyl (C=O) groups excluding carboxylic acids is 1. The summed E-state index contributed by atoms with van der Waals surface area (Å²) in [6.07, 6.45) is 2.32. The lowest BCUT2D eigenvalue weighted by Crippen LogP contribution is -2.42. The van der Waals surface area contributed by atoms with Crippen molar-refractivity contribution in [3.63, 3.8) is 0 Å². The molecule has 4 rings (SSSR count). The monoisotopic (exact) mass is 499 g/mol. The van der Waals surface area contributed by atoms with E-state index in [9.17, 15) is 18.7 Å². The maximum Gasteiger partial charge on any atom is 0.255 e. The molecule has 0 spiro atoms. The predicted octanol–water partition coefficient (Wildman–Crippen LogP) is 5.54. The van der Waals surface area contributed by atoms with Gasteiger partial charge in [-0.2, -0.15) is 0 Å². The van der Waals surface area contributed by atoms with Crippen LogP contribution in [0.25, 0.3) is 10.9 Å². The summed E-state index contributed by atoms with van der Waals surface area (Å²) in [5.41, 5.74) is 0.649. The van der Waals surface area contributed by atoms with Crippen LogP contribution in [0.3, 0.4) is 0 Å². The number of hydrogen-bond donors (Lipinski definition) is 4. The minimum Gasteiger partial charge on any atom is -0.387 e. The first-order valence-corrected chi connectivity index (χ1v) is 12.4. The van der Waals surface area contributed by atoms with Crippen LogP contribution < -0.4 is 16.0 Å². The molecule has 36 heavy (non-hydrogen) atoms. The summed E-state index contributed by atoms with van der Waals surface area (Å²) in [6, 6.07) is 10.7. The lowest BCUT2D eigenvalue weighted by Gasteiger charge is -2.23. The molecule has 4 N–H and O–H groups in total. The number of anilines is 3. The van der Waals surface area contributed by atoms with E-state index in [1.165, 1.54) is 20.0 Å². The van der Waals surface area contributed by atoms with E-state index in [0.29, 0.717) is 24.3 Å². The summed E-state index contributed by atoms with van der Waals surface area (Å²) in [6.45, 7) is 6.31. The Morgan fingerprint density at radius 2 is 1.97 bits per heavy atom. The highest BCUT2D eigenvalue weighted by Gasteiger charge is 2.29. The second-order valence-electron chi connectivity index (χ2n) is 9.18. The molecule has 1 aliphatic rings. The first-order valence-electron chi connectivity index (χ1n) is 12.4. The molecule has 0 radical (unpaired) electrons. The van der Waals surface area contributed by atoms with Crippen LogP contribution in [0.4, 0.5) is 26.0 Å². The van der Waals surface area contributed by atoms with Gasteiger partial charge in [-0.15, -0.1) is 0 Å². The minimum absolute atomic E-state index is 0.176. The number of pyridine rings is 2. The number of benzene rings is 1. The minimum atomic E-state index is -1.64. The molecule has 2 heterocycles. The molecule has 2 aromatic heterocycles. The average molecular weight is 500 g/mol. The molecule has 3 aromatic rings. The van der Waals surface area contributed by atoms with E-state index in [4.69, 9.17) is 0 Å². The summed E-state index contributed by atoms with van der Waals surface area (Å²) in [7, 11) is 0. The number of alkyl halides is 2. The number of nitrogens with zero attached hydrogens (tertiary/aromatic N) is 2. The second-order valence-corrected chi connectivity index (χ2v) is 9.18. The van der Waals surface area contributed by atoms with Crippen LogP contribution in [0.15, 0.2) is 48.8 Å². The Morgan fingerprint density at radius 1 is 1.19 bits per heavy atom. The zero-order chi connectivity index (χ0) is 26.3. The van der Waals surface area contributed by atoms with E-state index in [0.717, 1.165) is 23.0 Å². The van der Waals surface area contributed by atoms with Crippen molar-refractivity contribution in [2.45, 2.75) is 70.9 Å². The Bertz CT molecular complexity index is 1170. The molecule has 0 aliphatic heterocycles. The number of aliphatic hydroxyl groups is 1. The Kier molecular flexibility index (Phi) is 9.14. The highest BCUT2D eigenvalue weighted by atomic mass is 19.1. The third kappa shape index (κ3) is 6.87. The smallest absolute Gasteiger partial charge is 0.255 e. The third-order valence-corrected chi connectivity index (χ3v) is 6.00. The topological polar surface area (TPSA) is 99.2 Å². The van der Waals surface area contributed by atoms with Gasteiger partial charge >= 0.3 is 0 Å². The van der Waals surface area contributed by atoms with Crippen LogP contribution in [0.5, 0.6) is 0 Å². The number of halogens is 2. The quantitative estimate of drug-likeness (QED) is 0.325. The number of aromatic nitrogens is 2. The molecule has 1 amide bonds. The summed E-state index contributed by atoms with van der Waals surface area (Å²) < 4.78 is 28.4. The fourth-order valence-electron chi connectivity index (χ4n) is 3.93. The maximum atomic E-state index is 14.3. The van der Waals surface area contributed by atoms with Crippen LogP contribution in [-0.2, 0) is 0 Å². The Morgan fingerprint density at radius 3 is 2.67 bits per heavy atom. The van der Waals surface area contributed by atoms with Crippen molar-refractivity contribution in [1.29, 1.82) is 0 Å². The summed E-state index contributed by atoms with van der Waals surface area (Å²) in [5, 5.41) is 19.6. The molecule has 0 bridgehead atoms. The number of carbonyl (C=O) groups is 1. The zero-order valence-electron chi connectivity index (χ0n) is 21.2. The lowest BCUT2D eigenvalue weighted by molar-refractivity contribution is -0.00177. The van der Waals surface area contributed by atoms with E-state index in [1.54, 1.807) is 12.3 Å². The van der Waals surface area contributed by atoms with Crippen molar-refractivity contribution < 1.29 is 18.7 Å². The van der Waals surface area contributed by atoms with Gasteiger partial charge in [0, 0.05) is 29.5 Å². The molecule has 1 fully saturated rings. The average Bonchev–Trinajstić information content (AvgIpc) is 3.27. The zero-order valence-corrected chi connectivity index (χ0v) is 21.2. The van der Waals surface area contributed by atoms with Gasteiger partial charge in [0.05, 0.1) is 35.0 Å². The number of amides is 1. The number of nitrogens with one attached hydrogen (secondary N) is 3. The van der Waals surface area contributed by atoms with Crippen molar-refractivity contribution in [2.24, 2.45) is 0 Å². The third-order valence-electron chi connectivity index (χ3n) is 6.00. The fourth-order valence-corrected chi connectivity index (χ4v) is 3.93. The van der Waals surface area contributed by atoms with E-state index in [-0.39, 0.29) is 12.1 Å². The molecule has 1 saturated carbocycles. The first kappa shape index (κ1) is 27.3. The van der Waals surface area contributed by atoms with Crippen LogP contribution in [0.2, 0.25) is 0 Å². The molecular formula is C27H35F2N5O2. The van der Waals surface area contributed by atoms with Gasteiger partial charge in [0.2, 0.25) is 0 Å². The molecule has 1 aromatic carbocycles. The molecule has 3 atom stereocenters. The second kappa shape index (κ2) is 12.1. The Labute approximate surface area is 210 Å². The van der Waals surface area contributed by atoms with Crippen LogP contribution >= 0.6 is 0 Å². The number of hydrogen-bond acceptors (Lipinski definition) is 6. The highest BCUT2D eigenvalue weighted by Crippen LogP contribution is 2.29. The van der Waals surface area contributed by atoms with Gasteiger partial charge in [0.1, 0.15) is 18.2 Å². The molecule has 7 nitrogen and oxygen atoms in total. The summed E-state index contributed by atoms with van der Waals surface area (Å²) >= 11 is 0. The molecular weight excluding hydrogens is 464 g/mol. The van der Waals surface area contributed by atoms with E-state index >= 15 is 0 Å². The predicted molar refractivity (Wildman–Crippen MR) is 140 cm³/mol. The van der Waals surface area contributed by atoms with Crippen molar-refractivity contribution in [1.82, 2.24) is 15.3 Å². The van der Waals surface area contributed by atoms with Crippen LogP contribution in [0, 0.1) is 0 Å². The first-order chi connectivity index (χ1) is 17.2. The van der Waals surface area contributed by atoms with Crippen molar-refractivity contribution in [3.8, 4) is 0 Å². The van der Waals surface area contributed by atoms with Gasteiger partial charge in [-0.3, -0.25) is 9.78 Å². The Balaban J connectivity index is 0.00000176. The van der Waals surface area contributed by atoms with Gasteiger partial charge in [-0.05, 0) is 57.4 Å². The molecule has 1 aliphatic carbocycles. The maximum absolute atomic E-state index is 14.3. The lowest BCUT2D eigenvalue weighted by atomic mass is 10.0. The summed E-state index contributed by atoms with van der Waals surface area (Å²) in [4.78, 5) is 21.5. The highest BCUT2D eigenvalue weighted by molar-refractivity contribution is 6.00. The molecule has 0 saturated heterocycles. The van der Waals surface area contributed by atoms with Crippen molar-refractivity contribution in [2.75, 3.05) is 17.2 Å².